The number of hydrogen-bond donors (Lipinski definition) is 1. The van der Waals surface area contributed by atoms with E-state index in [1.54, 1.807) is 0 Å². The second-order valence-electron chi connectivity index (χ2n) is 5.16. The lowest BCUT2D eigenvalue weighted by molar-refractivity contribution is 0.00852. The SMILES string of the molecule is FC1(F)CCC(Nc2cc(C3CC3)nc(Cl)n2)C1. The number of nitrogens with one attached hydrogen (secondary N) is 1. The van der Waals surface area contributed by atoms with E-state index in [2.05, 4.69) is 15.3 Å². The third-order valence-electron chi connectivity index (χ3n) is 3.47. The number of nitrogens with zero attached hydrogens (tertiary/aromatic N) is 2. The molecule has 0 amide bonds. The monoisotopic (exact) mass is 273 g/mol. The quantitative estimate of drug-likeness (QED) is 0.855. The van der Waals surface area contributed by atoms with Gasteiger partial charge in [-0.1, -0.05) is 0 Å². The Bertz CT molecular complexity index is 463. The Kier molecular flexibility index (Phi) is 2.88. The largest absolute Gasteiger partial charge is 0.367 e. The molecule has 2 aliphatic carbocycles. The molecule has 1 aromatic heterocycles. The van der Waals surface area contributed by atoms with Crippen molar-refractivity contribution in [3.63, 3.8) is 0 Å². The van der Waals surface area contributed by atoms with Crippen LogP contribution >= 0.6 is 11.6 Å². The number of rotatable bonds is 3. The third kappa shape index (κ3) is 2.71. The summed E-state index contributed by atoms with van der Waals surface area (Å²) in [4.78, 5) is 8.22. The summed E-state index contributed by atoms with van der Waals surface area (Å²) in [5.74, 6) is -1.51. The van der Waals surface area contributed by atoms with Gasteiger partial charge < -0.3 is 5.32 Å². The summed E-state index contributed by atoms with van der Waals surface area (Å²) in [5, 5.41) is 3.23. The van der Waals surface area contributed by atoms with Gasteiger partial charge in [-0.15, -0.1) is 0 Å². The summed E-state index contributed by atoms with van der Waals surface area (Å²) in [7, 11) is 0. The summed E-state index contributed by atoms with van der Waals surface area (Å²) in [6, 6.07) is 1.61. The summed E-state index contributed by atoms with van der Waals surface area (Å²) in [6.07, 6.45) is 2.52. The fourth-order valence-electron chi connectivity index (χ4n) is 2.38. The second kappa shape index (κ2) is 4.30. The fraction of sp³-hybridized carbons (Fsp3) is 0.667. The first-order chi connectivity index (χ1) is 8.52. The molecule has 18 heavy (non-hydrogen) atoms. The lowest BCUT2D eigenvalue weighted by atomic mass is 10.2. The van der Waals surface area contributed by atoms with Crippen LogP contribution in [0, 0.1) is 0 Å². The van der Waals surface area contributed by atoms with Crippen molar-refractivity contribution >= 4 is 17.4 Å². The normalized spacial score (nSPS) is 26.3. The van der Waals surface area contributed by atoms with E-state index in [0.29, 0.717) is 18.2 Å². The van der Waals surface area contributed by atoms with Crippen molar-refractivity contribution in [2.24, 2.45) is 0 Å². The van der Waals surface area contributed by atoms with E-state index in [9.17, 15) is 8.78 Å². The van der Waals surface area contributed by atoms with Gasteiger partial charge in [0.15, 0.2) is 0 Å². The molecule has 0 aliphatic heterocycles. The van der Waals surface area contributed by atoms with Gasteiger partial charge >= 0.3 is 0 Å². The molecule has 1 unspecified atom stereocenters. The van der Waals surface area contributed by atoms with Gasteiger partial charge in [-0.3, -0.25) is 0 Å². The van der Waals surface area contributed by atoms with Crippen molar-refractivity contribution in [2.75, 3.05) is 5.32 Å². The van der Waals surface area contributed by atoms with Crippen molar-refractivity contribution in [2.45, 2.75) is 50.0 Å². The first-order valence-electron chi connectivity index (χ1n) is 6.21. The van der Waals surface area contributed by atoms with E-state index in [0.717, 1.165) is 18.5 Å². The molecule has 0 bridgehead atoms. The topological polar surface area (TPSA) is 37.8 Å². The first kappa shape index (κ1) is 12.1. The second-order valence-corrected chi connectivity index (χ2v) is 5.50. The number of aromatic nitrogens is 2. The number of halogens is 3. The molecule has 0 saturated heterocycles. The minimum atomic E-state index is -2.55. The van der Waals surface area contributed by atoms with Gasteiger partial charge in [-0.05, 0) is 30.9 Å². The van der Waals surface area contributed by atoms with Crippen LogP contribution in [0.15, 0.2) is 6.07 Å². The molecule has 1 atom stereocenters. The van der Waals surface area contributed by atoms with Gasteiger partial charge in [-0.2, -0.15) is 0 Å². The lowest BCUT2D eigenvalue weighted by Crippen LogP contribution is -2.20. The summed E-state index contributed by atoms with van der Waals surface area (Å²) < 4.78 is 26.2. The third-order valence-corrected chi connectivity index (χ3v) is 3.64. The van der Waals surface area contributed by atoms with Crippen LogP contribution in [0.1, 0.15) is 43.7 Å². The van der Waals surface area contributed by atoms with Gasteiger partial charge in [0, 0.05) is 30.9 Å². The lowest BCUT2D eigenvalue weighted by Gasteiger charge is -2.14. The van der Waals surface area contributed by atoms with Crippen molar-refractivity contribution in [3.05, 3.63) is 17.0 Å². The molecule has 6 heteroatoms. The molecule has 2 aliphatic rings. The highest BCUT2D eigenvalue weighted by Crippen LogP contribution is 2.40. The van der Waals surface area contributed by atoms with Crippen molar-refractivity contribution in [1.29, 1.82) is 0 Å². The molecule has 0 aromatic carbocycles. The Morgan fingerprint density at radius 3 is 2.67 bits per heavy atom. The number of alkyl halides is 2. The molecular formula is C12H14ClF2N3. The van der Waals surface area contributed by atoms with Crippen LogP contribution in [0.25, 0.3) is 0 Å². The molecule has 0 radical (unpaired) electrons. The highest BCUT2D eigenvalue weighted by molar-refractivity contribution is 6.28. The van der Waals surface area contributed by atoms with E-state index in [1.807, 2.05) is 6.07 Å². The maximum absolute atomic E-state index is 13.1. The Morgan fingerprint density at radius 2 is 2.06 bits per heavy atom. The van der Waals surface area contributed by atoms with Crippen LogP contribution in [0.3, 0.4) is 0 Å². The molecule has 1 aromatic rings. The van der Waals surface area contributed by atoms with Crippen LogP contribution in [-0.4, -0.2) is 21.9 Å². The van der Waals surface area contributed by atoms with Crippen molar-refractivity contribution in [3.8, 4) is 0 Å². The molecular weight excluding hydrogens is 260 g/mol. The molecule has 2 fully saturated rings. The Morgan fingerprint density at radius 1 is 1.28 bits per heavy atom. The summed E-state index contributed by atoms with van der Waals surface area (Å²) in [5.41, 5.74) is 0.919. The average molecular weight is 274 g/mol. The van der Waals surface area contributed by atoms with E-state index < -0.39 is 5.92 Å². The number of anilines is 1. The average Bonchev–Trinajstić information content (AvgIpc) is 3.04. The Balaban J connectivity index is 1.72. The Labute approximate surface area is 109 Å². The van der Waals surface area contributed by atoms with Crippen molar-refractivity contribution < 1.29 is 8.78 Å². The molecule has 3 nitrogen and oxygen atoms in total. The van der Waals surface area contributed by atoms with E-state index >= 15 is 0 Å². The Hall–Kier alpha value is -0.970. The molecule has 3 rings (SSSR count). The van der Waals surface area contributed by atoms with Crippen LogP contribution in [0.2, 0.25) is 5.28 Å². The predicted octanol–water partition coefficient (Wildman–Crippen LogP) is 3.61. The fourth-order valence-corrected chi connectivity index (χ4v) is 2.57. The predicted molar refractivity (Wildman–Crippen MR) is 65.2 cm³/mol. The van der Waals surface area contributed by atoms with E-state index in [1.165, 1.54) is 0 Å². The molecule has 0 spiro atoms. The van der Waals surface area contributed by atoms with E-state index in [4.69, 9.17) is 11.6 Å². The number of hydrogen-bond acceptors (Lipinski definition) is 3. The smallest absolute Gasteiger partial charge is 0.250 e. The van der Waals surface area contributed by atoms with Crippen LogP contribution < -0.4 is 5.32 Å². The van der Waals surface area contributed by atoms with Crippen LogP contribution in [0.5, 0.6) is 0 Å². The standard InChI is InChI=1S/C12H14ClF2N3/c13-11-17-9(7-1-2-7)5-10(18-11)16-8-3-4-12(14,15)6-8/h5,7-8H,1-4,6H2,(H,16,17,18). The first-order valence-corrected chi connectivity index (χ1v) is 6.58. The zero-order valence-corrected chi connectivity index (χ0v) is 10.6. The van der Waals surface area contributed by atoms with Gasteiger partial charge in [-0.25, -0.2) is 18.7 Å². The molecule has 1 heterocycles. The minimum Gasteiger partial charge on any atom is -0.367 e. The zero-order chi connectivity index (χ0) is 12.8. The van der Waals surface area contributed by atoms with Gasteiger partial charge in [0.25, 0.3) is 0 Å². The van der Waals surface area contributed by atoms with E-state index in [-0.39, 0.29) is 24.2 Å². The maximum atomic E-state index is 13.1. The van der Waals surface area contributed by atoms with Crippen LogP contribution in [0.4, 0.5) is 14.6 Å². The summed E-state index contributed by atoms with van der Waals surface area (Å²) >= 11 is 5.85. The molecule has 98 valence electrons. The molecule has 2 saturated carbocycles. The van der Waals surface area contributed by atoms with Crippen LogP contribution in [-0.2, 0) is 0 Å². The summed E-state index contributed by atoms with van der Waals surface area (Å²) in [6.45, 7) is 0. The van der Waals surface area contributed by atoms with Gasteiger partial charge in [0.05, 0.1) is 5.69 Å². The highest BCUT2D eigenvalue weighted by Gasteiger charge is 2.39. The van der Waals surface area contributed by atoms with Crippen molar-refractivity contribution in [1.82, 2.24) is 9.97 Å². The zero-order valence-electron chi connectivity index (χ0n) is 9.80. The van der Waals surface area contributed by atoms with Gasteiger partial charge in [0.2, 0.25) is 11.2 Å². The minimum absolute atomic E-state index is 0.0566. The van der Waals surface area contributed by atoms with Gasteiger partial charge in [0.1, 0.15) is 5.82 Å². The highest BCUT2D eigenvalue weighted by atomic mass is 35.5. The molecule has 1 N–H and O–H groups in total. The maximum Gasteiger partial charge on any atom is 0.250 e.